The van der Waals surface area contributed by atoms with Gasteiger partial charge in [-0.2, -0.15) is 0 Å². The van der Waals surface area contributed by atoms with Crippen molar-refractivity contribution in [2.75, 3.05) is 5.32 Å². The van der Waals surface area contributed by atoms with E-state index in [1.54, 1.807) is 24.3 Å². The van der Waals surface area contributed by atoms with Crippen LogP contribution >= 0.6 is 0 Å². The number of aliphatic hydroxyl groups is 2. The van der Waals surface area contributed by atoms with Gasteiger partial charge in [-0.05, 0) is 73.2 Å². The largest absolute Gasteiger partial charge is 0.481 e. The maximum absolute atomic E-state index is 13.7. The zero-order chi connectivity index (χ0) is 26.4. The third kappa shape index (κ3) is 6.59. The molecule has 0 aliphatic heterocycles. The van der Waals surface area contributed by atoms with Crippen LogP contribution in [0.15, 0.2) is 54.6 Å². The number of para-hydroxylation sites is 1. The SMILES string of the molecule is Cc1c(C(=O)Nc2ccccc2)c(C(C)C)n(CCC(O)CC(O)CC(=O)O)c1-c1ccc(F)cc1. The monoisotopic (exact) mass is 496 g/mol. The van der Waals surface area contributed by atoms with Crippen molar-refractivity contribution in [1.82, 2.24) is 4.57 Å². The van der Waals surface area contributed by atoms with E-state index >= 15 is 0 Å². The van der Waals surface area contributed by atoms with Gasteiger partial charge in [-0.15, -0.1) is 0 Å². The van der Waals surface area contributed by atoms with E-state index in [-0.39, 0.29) is 30.5 Å². The average Bonchev–Trinajstić information content (AvgIpc) is 3.10. The molecule has 8 heteroatoms. The second-order valence-electron chi connectivity index (χ2n) is 9.30. The maximum Gasteiger partial charge on any atom is 0.305 e. The number of amides is 1. The number of benzene rings is 2. The number of aliphatic carboxylic acids is 1. The van der Waals surface area contributed by atoms with Crippen molar-refractivity contribution >= 4 is 17.6 Å². The lowest BCUT2D eigenvalue weighted by Crippen LogP contribution is -2.22. The summed E-state index contributed by atoms with van der Waals surface area (Å²) in [4.78, 5) is 24.3. The Bertz CT molecular complexity index is 1190. The Balaban J connectivity index is 2.02. The van der Waals surface area contributed by atoms with E-state index in [0.717, 1.165) is 22.5 Å². The van der Waals surface area contributed by atoms with Gasteiger partial charge in [-0.3, -0.25) is 9.59 Å². The van der Waals surface area contributed by atoms with Crippen LogP contribution in [-0.4, -0.2) is 44.0 Å². The molecule has 0 aliphatic rings. The minimum atomic E-state index is -1.16. The number of hydrogen-bond acceptors (Lipinski definition) is 4. The minimum Gasteiger partial charge on any atom is -0.481 e. The van der Waals surface area contributed by atoms with Gasteiger partial charge in [-0.25, -0.2) is 4.39 Å². The number of nitrogens with zero attached hydrogens (tertiary/aromatic N) is 1. The van der Waals surface area contributed by atoms with E-state index in [0.29, 0.717) is 17.8 Å². The van der Waals surface area contributed by atoms with Gasteiger partial charge in [0.05, 0.1) is 29.9 Å². The first-order chi connectivity index (χ1) is 17.1. The molecule has 2 aromatic carbocycles. The lowest BCUT2D eigenvalue weighted by Gasteiger charge is -2.20. The number of carbonyl (C=O) groups is 2. The fraction of sp³-hybridized carbons (Fsp3) is 0.357. The summed E-state index contributed by atoms with van der Waals surface area (Å²) >= 11 is 0. The molecule has 0 saturated heterocycles. The highest BCUT2D eigenvalue weighted by atomic mass is 19.1. The number of carboxylic acid groups (broad SMARTS) is 1. The number of aromatic nitrogens is 1. The highest BCUT2D eigenvalue weighted by Crippen LogP contribution is 2.36. The molecule has 192 valence electrons. The van der Waals surface area contributed by atoms with Crippen LogP contribution in [0.1, 0.15) is 60.6 Å². The maximum atomic E-state index is 13.7. The van der Waals surface area contributed by atoms with Gasteiger partial charge in [0.2, 0.25) is 0 Å². The number of rotatable bonds is 11. The molecule has 0 fully saturated rings. The number of aliphatic hydroxyl groups excluding tert-OH is 2. The van der Waals surface area contributed by atoms with Crippen LogP contribution in [0.25, 0.3) is 11.3 Å². The van der Waals surface area contributed by atoms with E-state index < -0.39 is 24.6 Å². The van der Waals surface area contributed by atoms with E-state index in [9.17, 15) is 24.2 Å². The van der Waals surface area contributed by atoms with Crippen LogP contribution in [0.4, 0.5) is 10.1 Å². The zero-order valence-corrected chi connectivity index (χ0v) is 20.7. The Morgan fingerprint density at radius 3 is 2.22 bits per heavy atom. The zero-order valence-electron chi connectivity index (χ0n) is 20.7. The summed E-state index contributed by atoms with van der Waals surface area (Å²) in [5, 5.41) is 32.2. The topological polar surface area (TPSA) is 112 Å². The lowest BCUT2D eigenvalue weighted by molar-refractivity contribution is -0.139. The van der Waals surface area contributed by atoms with Crippen molar-refractivity contribution in [2.24, 2.45) is 0 Å². The smallest absolute Gasteiger partial charge is 0.305 e. The number of halogens is 1. The van der Waals surface area contributed by atoms with Gasteiger partial charge in [0.1, 0.15) is 5.82 Å². The quantitative estimate of drug-likeness (QED) is 0.300. The van der Waals surface area contributed by atoms with E-state index in [2.05, 4.69) is 5.32 Å². The molecule has 2 atom stereocenters. The van der Waals surface area contributed by atoms with E-state index in [4.69, 9.17) is 5.11 Å². The summed E-state index contributed by atoms with van der Waals surface area (Å²) in [6.45, 7) is 6.13. The van der Waals surface area contributed by atoms with Gasteiger partial charge in [0, 0.05) is 17.9 Å². The number of nitrogens with one attached hydrogen (secondary N) is 1. The first-order valence-corrected chi connectivity index (χ1v) is 12.0. The molecule has 0 saturated carbocycles. The van der Waals surface area contributed by atoms with E-state index in [1.165, 1.54) is 12.1 Å². The second kappa shape index (κ2) is 12.0. The molecule has 0 aliphatic carbocycles. The molecule has 3 aromatic rings. The third-order valence-electron chi connectivity index (χ3n) is 6.11. The molecule has 36 heavy (non-hydrogen) atoms. The van der Waals surface area contributed by atoms with Crippen molar-refractivity contribution in [3.05, 3.63) is 77.2 Å². The third-order valence-corrected chi connectivity index (χ3v) is 6.11. The lowest BCUT2D eigenvalue weighted by atomic mass is 10.0. The van der Waals surface area contributed by atoms with Gasteiger partial charge in [-0.1, -0.05) is 32.0 Å². The van der Waals surface area contributed by atoms with Gasteiger partial charge in [0.25, 0.3) is 5.91 Å². The summed E-state index contributed by atoms with van der Waals surface area (Å²) in [7, 11) is 0. The Kier molecular flexibility index (Phi) is 9.01. The Labute approximate surface area is 210 Å². The van der Waals surface area contributed by atoms with Crippen molar-refractivity contribution in [1.29, 1.82) is 0 Å². The fourth-order valence-corrected chi connectivity index (χ4v) is 4.58. The van der Waals surface area contributed by atoms with Crippen LogP contribution in [-0.2, 0) is 11.3 Å². The van der Waals surface area contributed by atoms with Crippen LogP contribution in [0, 0.1) is 12.7 Å². The molecule has 3 rings (SSSR count). The number of carboxylic acids is 1. The van der Waals surface area contributed by atoms with Crippen LogP contribution in [0.2, 0.25) is 0 Å². The van der Waals surface area contributed by atoms with Crippen molar-refractivity contribution in [3.8, 4) is 11.3 Å². The highest BCUT2D eigenvalue weighted by molar-refractivity contribution is 6.07. The van der Waals surface area contributed by atoms with Crippen LogP contribution in [0.5, 0.6) is 0 Å². The first kappa shape index (κ1) is 27.1. The summed E-state index contributed by atoms with van der Waals surface area (Å²) in [6.07, 6.45) is -2.38. The Hall–Kier alpha value is -3.49. The minimum absolute atomic E-state index is 0.0517. The molecule has 7 nitrogen and oxygen atoms in total. The van der Waals surface area contributed by atoms with Crippen molar-refractivity contribution < 1.29 is 29.3 Å². The van der Waals surface area contributed by atoms with E-state index in [1.807, 2.05) is 43.5 Å². The van der Waals surface area contributed by atoms with Crippen LogP contribution < -0.4 is 5.32 Å². The molecule has 2 unspecified atom stereocenters. The first-order valence-electron chi connectivity index (χ1n) is 12.0. The van der Waals surface area contributed by atoms with Gasteiger partial charge in [0.15, 0.2) is 0 Å². The summed E-state index contributed by atoms with van der Waals surface area (Å²) in [6, 6.07) is 15.2. The average molecular weight is 497 g/mol. The molecule has 1 aromatic heterocycles. The Morgan fingerprint density at radius 1 is 1.00 bits per heavy atom. The standard InChI is InChI=1S/C28H33FN2O5/c1-17(2)26-25(28(36)30-21-7-5-4-6-8-21)18(3)27(19-9-11-20(29)12-10-19)31(26)14-13-22(32)15-23(33)16-24(34)35/h4-12,17,22-23,32-33H,13-16H2,1-3H3,(H,30,36)(H,34,35). The Morgan fingerprint density at radius 2 is 1.64 bits per heavy atom. The van der Waals surface area contributed by atoms with Crippen molar-refractivity contribution in [3.63, 3.8) is 0 Å². The second-order valence-corrected chi connectivity index (χ2v) is 9.30. The van der Waals surface area contributed by atoms with Crippen LogP contribution in [0.3, 0.4) is 0 Å². The fourth-order valence-electron chi connectivity index (χ4n) is 4.58. The summed E-state index contributed by atoms with van der Waals surface area (Å²) in [5.74, 6) is -1.82. The molecule has 0 radical (unpaired) electrons. The highest BCUT2D eigenvalue weighted by Gasteiger charge is 2.28. The molecule has 1 heterocycles. The predicted molar refractivity (Wildman–Crippen MR) is 137 cm³/mol. The number of anilines is 1. The summed E-state index contributed by atoms with van der Waals surface area (Å²) < 4.78 is 15.7. The molecule has 4 N–H and O–H groups in total. The predicted octanol–water partition coefficient (Wildman–Crippen LogP) is 4.96. The molecule has 1 amide bonds. The molecular formula is C28H33FN2O5. The molecular weight excluding hydrogens is 463 g/mol. The van der Waals surface area contributed by atoms with Crippen molar-refractivity contribution in [2.45, 2.75) is 64.7 Å². The van der Waals surface area contributed by atoms with Gasteiger partial charge >= 0.3 is 5.97 Å². The normalized spacial score (nSPS) is 13.0. The number of hydrogen-bond donors (Lipinski definition) is 4. The summed E-state index contributed by atoms with van der Waals surface area (Å²) in [5.41, 5.74) is 4.17. The number of carbonyl (C=O) groups excluding carboxylic acids is 1. The molecule has 0 spiro atoms. The van der Waals surface area contributed by atoms with Gasteiger partial charge < -0.3 is 25.2 Å². The molecule has 0 bridgehead atoms.